The number of carbonyl (C=O) groups is 1. The Morgan fingerprint density at radius 2 is 1.92 bits per heavy atom. The van der Waals surface area contributed by atoms with E-state index in [1.54, 1.807) is 12.4 Å². The molecular weight excluding hydrogens is 326 g/mol. The Bertz CT molecular complexity index is 753. The Balaban J connectivity index is 1.65. The van der Waals surface area contributed by atoms with Gasteiger partial charge in [-0.2, -0.15) is 5.26 Å². The van der Waals surface area contributed by atoms with E-state index in [4.69, 9.17) is 10.00 Å². The normalized spacial score (nSPS) is 17.2. The number of hydrogen-bond donors (Lipinski definition) is 0. The van der Waals surface area contributed by atoms with E-state index in [1.807, 2.05) is 41.3 Å². The molecular formula is C21H23N3O2. The highest BCUT2D eigenvalue weighted by Gasteiger charge is 2.26. The van der Waals surface area contributed by atoms with Crippen molar-refractivity contribution in [3.8, 4) is 11.8 Å². The summed E-state index contributed by atoms with van der Waals surface area (Å²) in [6.45, 7) is 0.787. The van der Waals surface area contributed by atoms with Crippen LogP contribution in [0, 0.1) is 11.3 Å². The molecule has 1 aromatic heterocycles. The Morgan fingerprint density at radius 3 is 2.65 bits per heavy atom. The summed E-state index contributed by atoms with van der Waals surface area (Å²) in [6, 6.07) is 13.5. The molecule has 0 bridgehead atoms. The van der Waals surface area contributed by atoms with Crippen molar-refractivity contribution in [3.63, 3.8) is 0 Å². The van der Waals surface area contributed by atoms with E-state index in [2.05, 4.69) is 11.1 Å². The molecule has 0 aliphatic carbocycles. The molecule has 1 atom stereocenters. The van der Waals surface area contributed by atoms with Crippen molar-refractivity contribution in [3.05, 3.63) is 59.9 Å². The first-order valence-corrected chi connectivity index (χ1v) is 9.06. The number of aromatic nitrogens is 1. The summed E-state index contributed by atoms with van der Waals surface area (Å²) in [5, 5.41) is 8.72. The molecule has 5 heteroatoms. The lowest BCUT2D eigenvalue weighted by Crippen LogP contribution is -2.38. The van der Waals surface area contributed by atoms with E-state index >= 15 is 0 Å². The van der Waals surface area contributed by atoms with Gasteiger partial charge in [0.05, 0.1) is 18.5 Å². The van der Waals surface area contributed by atoms with Gasteiger partial charge in [0, 0.05) is 18.9 Å². The molecule has 2 aromatic rings. The van der Waals surface area contributed by atoms with Crippen LogP contribution in [0.2, 0.25) is 0 Å². The van der Waals surface area contributed by atoms with Crippen molar-refractivity contribution < 1.29 is 9.53 Å². The summed E-state index contributed by atoms with van der Waals surface area (Å²) in [6.07, 6.45) is 8.20. The lowest BCUT2D eigenvalue weighted by Gasteiger charge is -2.30. The molecule has 0 N–H and O–H groups in total. The predicted octanol–water partition coefficient (Wildman–Crippen LogP) is 3.67. The number of ether oxygens (including phenoxy) is 1. The number of hydrogen-bond acceptors (Lipinski definition) is 4. The minimum atomic E-state index is 0.00909. The maximum atomic E-state index is 12.8. The molecule has 134 valence electrons. The van der Waals surface area contributed by atoms with Crippen LogP contribution >= 0.6 is 0 Å². The Hall–Kier alpha value is -2.87. The lowest BCUT2D eigenvalue weighted by atomic mass is 10.0. The van der Waals surface area contributed by atoms with E-state index in [9.17, 15) is 4.79 Å². The van der Waals surface area contributed by atoms with Gasteiger partial charge in [0.25, 0.3) is 5.91 Å². The minimum Gasteiger partial charge on any atom is -0.484 e. The summed E-state index contributed by atoms with van der Waals surface area (Å²) in [4.78, 5) is 18.9. The third-order valence-electron chi connectivity index (χ3n) is 4.73. The second kappa shape index (κ2) is 9.00. The van der Waals surface area contributed by atoms with Crippen LogP contribution in [0.25, 0.3) is 0 Å². The van der Waals surface area contributed by atoms with Crippen LogP contribution < -0.4 is 4.74 Å². The molecule has 0 radical (unpaired) electrons. The van der Waals surface area contributed by atoms with Crippen molar-refractivity contribution in [1.29, 1.82) is 5.26 Å². The van der Waals surface area contributed by atoms with Crippen LogP contribution in [0.15, 0.2) is 48.8 Å². The average molecular weight is 349 g/mol. The van der Waals surface area contributed by atoms with Gasteiger partial charge >= 0.3 is 0 Å². The van der Waals surface area contributed by atoms with Gasteiger partial charge in [0.2, 0.25) is 0 Å². The van der Waals surface area contributed by atoms with Crippen molar-refractivity contribution in [2.24, 2.45) is 0 Å². The summed E-state index contributed by atoms with van der Waals surface area (Å²) >= 11 is 0. The van der Waals surface area contributed by atoms with E-state index in [1.165, 1.54) is 0 Å². The molecule has 2 heterocycles. The van der Waals surface area contributed by atoms with E-state index in [0.29, 0.717) is 12.2 Å². The van der Waals surface area contributed by atoms with Crippen molar-refractivity contribution in [1.82, 2.24) is 9.88 Å². The first kappa shape index (κ1) is 17.9. The minimum absolute atomic E-state index is 0.00909. The molecule has 1 aliphatic heterocycles. The zero-order valence-corrected chi connectivity index (χ0v) is 14.8. The number of rotatable bonds is 5. The van der Waals surface area contributed by atoms with Gasteiger partial charge in [-0.15, -0.1) is 0 Å². The van der Waals surface area contributed by atoms with Crippen LogP contribution in [0.4, 0.5) is 0 Å². The van der Waals surface area contributed by atoms with Gasteiger partial charge in [-0.3, -0.25) is 9.78 Å². The summed E-state index contributed by atoms with van der Waals surface area (Å²) in [5.41, 5.74) is 2.08. The standard InChI is InChI=1S/C21H23N3O2/c22-12-9-17-5-7-19(8-6-17)26-16-21(25)24-15-3-1-2-4-20(24)18-10-13-23-14-11-18/h5-8,10-11,13-14,20H,1-4,9,15-16H2/t20-/m1/s1. The van der Waals surface area contributed by atoms with Gasteiger partial charge in [-0.25, -0.2) is 0 Å². The Morgan fingerprint density at radius 1 is 1.15 bits per heavy atom. The number of amides is 1. The van der Waals surface area contributed by atoms with Crippen molar-refractivity contribution >= 4 is 5.91 Å². The zero-order valence-electron chi connectivity index (χ0n) is 14.8. The highest BCUT2D eigenvalue weighted by Crippen LogP contribution is 2.30. The average Bonchev–Trinajstić information content (AvgIpc) is 2.94. The number of pyridine rings is 1. The second-order valence-corrected chi connectivity index (χ2v) is 6.50. The maximum Gasteiger partial charge on any atom is 0.261 e. The van der Waals surface area contributed by atoms with Crippen molar-refractivity contribution in [2.75, 3.05) is 13.2 Å². The summed E-state index contributed by atoms with van der Waals surface area (Å²) < 4.78 is 5.69. The topological polar surface area (TPSA) is 66.2 Å². The third-order valence-corrected chi connectivity index (χ3v) is 4.73. The second-order valence-electron chi connectivity index (χ2n) is 6.50. The highest BCUT2D eigenvalue weighted by atomic mass is 16.5. The van der Waals surface area contributed by atoms with Gasteiger partial charge in [0.1, 0.15) is 5.75 Å². The molecule has 1 saturated heterocycles. The molecule has 5 nitrogen and oxygen atoms in total. The fourth-order valence-electron chi connectivity index (χ4n) is 3.36. The van der Waals surface area contributed by atoms with E-state index < -0.39 is 0 Å². The quantitative estimate of drug-likeness (QED) is 0.826. The SMILES string of the molecule is N#CCc1ccc(OCC(=O)N2CCCCC[C@@H]2c2ccncc2)cc1. The van der Waals surface area contributed by atoms with Crippen LogP contribution in [-0.4, -0.2) is 28.9 Å². The van der Waals surface area contributed by atoms with Crippen molar-refractivity contribution in [2.45, 2.75) is 38.1 Å². The molecule has 0 saturated carbocycles. The first-order chi connectivity index (χ1) is 12.8. The van der Waals surface area contributed by atoms with Gasteiger partial charge in [-0.05, 0) is 48.2 Å². The fraction of sp³-hybridized carbons (Fsp3) is 0.381. The van der Waals surface area contributed by atoms with Gasteiger partial charge < -0.3 is 9.64 Å². The first-order valence-electron chi connectivity index (χ1n) is 9.06. The fourth-order valence-corrected chi connectivity index (χ4v) is 3.36. The Labute approximate surface area is 154 Å². The predicted molar refractivity (Wildman–Crippen MR) is 98.4 cm³/mol. The number of likely N-dealkylation sites (tertiary alicyclic amines) is 1. The smallest absolute Gasteiger partial charge is 0.261 e. The third kappa shape index (κ3) is 4.60. The van der Waals surface area contributed by atoms with Gasteiger partial charge in [-0.1, -0.05) is 25.0 Å². The highest BCUT2D eigenvalue weighted by molar-refractivity contribution is 5.78. The Kier molecular flexibility index (Phi) is 6.21. The number of nitriles is 1. The van der Waals surface area contributed by atoms with E-state index in [-0.39, 0.29) is 18.6 Å². The molecule has 0 spiro atoms. The molecule has 3 rings (SSSR count). The lowest BCUT2D eigenvalue weighted by molar-refractivity contribution is -0.135. The largest absolute Gasteiger partial charge is 0.484 e. The van der Waals surface area contributed by atoms with Gasteiger partial charge in [0.15, 0.2) is 6.61 Å². The van der Waals surface area contributed by atoms with E-state index in [0.717, 1.165) is 43.4 Å². The zero-order chi connectivity index (χ0) is 18.2. The summed E-state index contributed by atoms with van der Waals surface area (Å²) in [5.74, 6) is 0.658. The van der Waals surface area contributed by atoms with Crippen LogP contribution in [0.1, 0.15) is 42.9 Å². The number of nitrogens with zero attached hydrogens (tertiary/aromatic N) is 3. The molecule has 1 fully saturated rings. The molecule has 1 aromatic carbocycles. The van der Waals surface area contributed by atoms with Crippen LogP contribution in [0.5, 0.6) is 5.75 Å². The number of benzene rings is 1. The molecule has 26 heavy (non-hydrogen) atoms. The van der Waals surface area contributed by atoms with Crippen LogP contribution in [-0.2, 0) is 11.2 Å². The summed E-state index contributed by atoms with van der Waals surface area (Å²) in [7, 11) is 0. The number of carbonyl (C=O) groups excluding carboxylic acids is 1. The molecule has 0 unspecified atom stereocenters. The maximum absolute atomic E-state index is 12.8. The van der Waals surface area contributed by atoms with Crippen LogP contribution in [0.3, 0.4) is 0 Å². The monoisotopic (exact) mass is 349 g/mol. The molecule has 1 aliphatic rings. The molecule has 1 amide bonds.